The van der Waals surface area contributed by atoms with Crippen molar-refractivity contribution in [2.75, 3.05) is 6.61 Å². The third-order valence-corrected chi connectivity index (χ3v) is 4.70. The lowest BCUT2D eigenvalue weighted by Gasteiger charge is -2.31. The van der Waals surface area contributed by atoms with Crippen LogP contribution < -0.4 is 0 Å². The highest BCUT2D eigenvalue weighted by molar-refractivity contribution is 4.75. The third-order valence-electron chi connectivity index (χ3n) is 4.70. The largest absolute Gasteiger partial charge is 0.396 e. The molecule has 1 nitrogen and oxygen atoms in total. The van der Waals surface area contributed by atoms with Gasteiger partial charge in [-0.1, -0.05) is 73.1 Å². The molecule has 0 amide bonds. The predicted molar refractivity (Wildman–Crippen MR) is 91.1 cm³/mol. The fraction of sp³-hybridized carbons (Fsp3) is 1.00. The Bertz CT molecular complexity index is 218. The lowest BCUT2D eigenvalue weighted by atomic mass is 9.75. The Balaban J connectivity index is 3.77. The molecule has 0 aliphatic rings. The summed E-state index contributed by atoms with van der Waals surface area (Å²) in [5.41, 5.74) is 0.877. The Kier molecular flexibility index (Phi) is 10.6. The molecule has 0 saturated heterocycles. The highest BCUT2D eigenvalue weighted by Crippen LogP contribution is 2.36. The maximum absolute atomic E-state index is 8.96. The van der Waals surface area contributed by atoms with Crippen molar-refractivity contribution in [1.82, 2.24) is 0 Å². The summed E-state index contributed by atoms with van der Waals surface area (Å²) in [5.74, 6) is 0. The van der Waals surface area contributed by atoms with Gasteiger partial charge in [-0.2, -0.15) is 0 Å². The molecule has 0 aromatic heterocycles. The van der Waals surface area contributed by atoms with E-state index in [1.165, 1.54) is 57.8 Å². The first kappa shape index (κ1) is 20.0. The molecule has 0 aromatic carbocycles. The summed E-state index contributed by atoms with van der Waals surface area (Å²) in [7, 11) is 0. The lowest BCUT2D eigenvalue weighted by molar-refractivity contribution is 0.192. The van der Waals surface area contributed by atoms with E-state index in [4.69, 9.17) is 5.11 Å². The molecular formula is C19H40O. The Morgan fingerprint density at radius 2 is 1.05 bits per heavy atom. The monoisotopic (exact) mass is 284 g/mol. The molecule has 0 aliphatic carbocycles. The van der Waals surface area contributed by atoms with E-state index >= 15 is 0 Å². The van der Waals surface area contributed by atoms with Crippen molar-refractivity contribution in [2.24, 2.45) is 10.8 Å². The first-order valence-electron chi connectivity index (χ1n) is 8.94. The van der Waals surface area contributed by atoms with Gasteiger partial charge in [-0.15, -0.1) is 0 Å². The van der Waals surface area contributed by atoms with Crippen molar-refractivity contribution in [1.29, 1.82) is 0 Å². The molecule has 0 heterocycles. The van der Waals surface area contributed by atoms with Gasteiger partial charge in [0, 0.05) is 6.61 Å². The maximum Gasteiger partial charge on any atom is 0.0431 e. The van der Waals surface area contributed by atoms with Gasteiger partial charge < -0.3 is 5.11 Å². The van der Waals surface area contributed by atoms with Crippen LogP contribution in [0.3, 0.4) is 0 Å². The summed E-state index contributed by atoms with van der Waals surface area (Å²) >= 11 is 0. The topological polar surface area (TPSA) is 20.2 Å². The van der Waals surface area contributed by atoms with E-state index < -0.39 is 0 Å². The highest BCUT2D eigenvalue weighted by atomic mass is 16.2. The highest BCUT2D eigenvalue weighted by Gasteiger charge is 2.23. The molecule has 0 aromatic rings. The van der Waals surface area contributed by atoms with Gasteiger partial charge in [-0.3, -0.25) is 0 Å². The van der Waals surface area contributed by atoms with E-state index in [1.54, 1.807) is 0 Å². The lowest BCUT2D eigenvalue weighted by Crippen LogP contribution is -2.18. The molecule has 0 unspecified atom stereocenters. The van der Waals surface area contributed by atoms with Crippen LogP contribution in [0, 0.1) is 10.8 Å². The summed E-state index contributed by atoms with van der Waals surface area (Å²) in [5, 5.41) is 8.96. The van der Waals surface area contributed by atoms with E-state index in [9.17, 15) is 0 Å². The van der Waals surface area contributed by atoms with Gasteiger partial charge in [0.05, 0.1) is 0 Å². The van der Waals surface area contributed by atoms with Crippen LogP contribution in [0.1, 0.15) is 105 Å². The van der Waals surface area contributed by atoms with Gasteiger partial charge in [0.15, 0.2) is 0 Å². The second kappa shape index (κ2) is 10.7. The van der Waals surface area contributed by atoms with Gasteiger partial charge in [-0.05, 0) is 42.9 Å². The second-order valence-corrected chi connectivity index (χ2v) is 8.17. The minimum Gasteiger partial charge on any atom is -0.396 e. The number of hydrogen-bond acceptors (Lipinski definition) is 1. The van der Waals surface area contributed by atoms with Crippen molar-refractivity contribution < 1.29 is 5.11 Å². The molecule has 1 heteroatoms. The molecule has 0 bridgehead atoms. The summed E-state index contributed by atoms with van der Waals surface area (Å²) in [6.45, 7) is 12.2. The van der Waals surface area contributed by atoms with E-state index in [-0.39, 0.29) is 0 Å². The van der Waals surface area contributed by atoms with Crippen LogP contribution >= 0.6 is 0 Å². The van der Waals surface area contributed by atoms with Gasteiger partial charge in [0.1, 0.15) is 0 Å². The van der Waals surface area contributed by atoms with Gasteiger partial charge >= 0.3 is 0 Å². The molecule has 0 aliphatic heterocycles. The number of rotatable bonds is 13. The first-order chi connectivity index (χ1) is 9.33. The van der Waals surface area contributed by atoms with Crippen LogP contribution in [0.4, 0.5) is 0 Å². The van der Waals surface area contributed by atoms with Crippen LogP contribution in [0.5, 0.6) is 0 Å². The van der Waals surface area contributed by atoms with Crippen molar-refractivity contribution in [2.45, 2.75) is 105 Å². The number of unbranched alkanes of at least 4 members (excludes halogenated alkanes) is 5. The van der Waals surface area contributed by atoms with Crippen LogP contribution in [-0.4, -0.2) is 11.7 Å². The molecule has 0 fully saturated rings. The number of aliphatic hydroxyl groups is 1. The Morgan fingerprint density at radius 1 is 0.600 bits per heavy atom. The minimum atomic E-state index is 0.338. The van der Waals surface area contributed by atoms with Crippen LogP contribution in [0.15, 0.2) is 0 Å². The second-order valence-electron chi connectivity index (χ2n) is 8.17. The van der Waals surface area contributed by atoms with Crippen LogP contribution in [-0.2, 0) is 0 Å². The molecule has 20 heavy (non-hydrogen) atoms. The molecule has 0 spiro atoms. The maximum atomic E-state index is 8.96. The predicted octanol–water partition coefficient (Wildman–Crippen LogP) is 6.34. The summed E-state index contributed by atoms with van der Waals surface area (Å²) < 4.78 is 0. The Hall–Kier alpha value is -0.0400. The van der Waals surface area contributed by atoms with Crippen LogP contribution in [0.2, 0.25) is 0 Å². The van der Waals surface area contributed by atoms with Gasteiger partial charge in [0.25, 0.3) is 0 Å². The number of hydrogen-bond donors (Lipinski definition) is 1. The van der Waals surface area contributed by atoms with Gasteiger partial charge in [0.2, 0.25) is 0 Å². The smallest absolute Gasteiger partial charge is 0.0431 e. The quantitative estimate of drug-likeness (QED) is 0.391. The summed E-state index contributed by atoms with van der Waals surface area (Å²) in [6.07, 6.45) is 14.5. The fourth-order valence-corrected chi connectivity index (χ4v) is 2.87. The van der Waals surface area contributed by atoms with Crippen molar-refractivity contribution >= 4 is 0 Å². The summed E-state index contributed by atoms with van der Waals surface area (Å²) in [6, 6.07) is 0. The minimum absolute atomic E-state index is 0.338. The molecule has 122 valence electrons. The molecule has 0 atom stereocenters. The Labute approximate surface area is 128 Å². The van der Waals surface area contributed by atoms with E-state index in [1.807, 2.05) is 0 Å². The zero-order valence-corrected chi connectivity index (χ0v) is 14.9. The van der Waals surface area contributed by atoms with Crippen molar-refractivity contribution in [3.63, 3.8) is 0 Å². The van der Waals surface area contributed by atoms with Crippen molar-refractivity contribution in [3.05, 3.63) is 0 Å². The molecule has 0 radical (unpaired) electrons. The van der Waals surface area contributed by atoms with Crippen LogP contribution in [0.25, 0.3) is 0 Å². The zero-order valence-electron chi connectivity index (χ0n) is 14.9. The molecule has 0 rings (SSSR count). The molecule has 0 saturated carbocycles. The molecular weight excluding hydrogens is 244 g/mol. The first-order valence-corrected chi connectivity index (χ1v) is 8.94. The normalized spacial score (nSPS) is 12.9. The zero-order chi connectivity index (χ0) is 15.5. The van der Waals surface area contributed by atoms with Gasteiger partial charge in [-0.25, -0.2) is 0 Å². The van der Waals surface area contributed by atoms with E-state index in [0.717, 1.165) is 12.8 Å². The SMILES string of the molecule is CCCCCCCCC(C)(C)CCC(C)(C)CCCO. The number of aliphatic hydroxyl groups excluding tert-OH is 1. The van der Waals surface area contributed by atoms with Crippen molar-refractivity contribution in [3.8, 4) is 0 Å². The standard InChI is InChI=1S/C19H40O/c1-6-7-8-9-10-11-13-18(2,3)15-16-19(4,5)14-12-17-20/h20H,6-17H2,1-5H3. The fourth-order valence-electron chi connectivity index (χ4n) is 2.87. The average Bonchev–Trinajstić information content (AvgIpc) is 2.39. The third kappa shape index (κ3) is 11.8. The average molecular weight is 285 g/mol. The van der Waals surface area contributed by atoms with E-state index in [0.29, 0.717) is 17.4 Å². The summed E-state index contributed by atoms with van der Waals surface area (Å²) in [4.78, 5) is 0. The molecule has 1 N–H and O–H groups in total. The van der Waals surface area contributed by atoms with E-state index in [2.05, 4.69) is 34.6 Å². The Morgan fingerprint density at radius 3 is 1.55 bits per heavy atom.